The summed E-state index contributed by atoms with van der Waals surface area (Å²) in [6.45, 7) is 3.99. The van der Waals surface area contributed by atoms with Gasteiger partial charge in [0.1, 0.15) is 5.82 Å². The summed E-state index contributed by atoms with van der Waals surface area (Å²) in [6.07, 6.45) is 2.53. The van der Waals surface area contributed by atoms with Crippen LogP contribution in [0.3, 0.4) is 0 Å². The molecule has 5 heteroatoms. The summed E-state index contributed by atoms with van der Waals surface area (Å²) < 4.78 is 0. The van der Waals surface area contributed by atoms with Gasteiger partial charge in [-0.3, -0.25) is 10.4 Å². The van der Waals surface area contributed by atoms with Crippen molar-refractivity contribution in [2.45, 2.75) is 20.3 Å². The molecule has 0 aliphatic rings. The molecular weight excluding hydrogens is 228 g/mol. The number of urea groups is 1. The lowest BCUT2D eigenvalue weighted by atomic mass is 10.2. The van der Waals surface area contributed by atoms with Crippen LogP contribution >= 0.6 is 0 Å². The van der Waals surface area contributed by atoms with E-state index >= 15 is 0 Å². The van der Waals surface area contributed by atoms with Gasteiger partial charge in [0, 0.05) is 11.3 Å². The van der Waals surface area contributed by atoms with Crippen molar-refractivity contribution in [3.8, 4) is 0 Å². The van der Waals surface area contributed by atoms with Gasteiger partial charge in [0.15, 0.2) is 0 Å². The predicted octanol–water partition coefficient (Wildman–Crippen LogP) is 2.92. The number of carbonyl (C=O) groups is 1. The van der Waals surface area contributed by atoms with Gasteiger partial charge in [0.25, 0.3) is 0 Å². The van der Waals surface area contributed by atoms with Crippen molar-refractivity contribution in [1.82, 2.24) is 10.2 Å². The summed E-state index contributed by atoms with van der Waals surface area (Å²) in [5, 5.41) is 12.2. The number of benzene rings is 1. The van der Waals surface area contributed by atoms with Crippen molar-refractivity contribution in [1.29, 1.82) is 0 Å². The van der Waals surface area contributed by atoms with E-state index in [1.54, 1.807) is 6.20 Å². The average Bonchev–Trinajstić information content (AvgIpc) is 2.76. The number of aromatic nitrogens is 2. The van der Waals surface area contributed by atoms with Crippen molar-refractivity contribution in [2.24, 2.45) is 0 Å². The third-order valence-corrected chi connectivity index (χ3v) is 2.61. The third-order valence-electron chi connectivity index (χ3n) is 2.61. The van der Waals surface area contributed by atoms with Crippen LogP contribution in [0.1, 0.15) is 18.1 Å². The second kappa shape index (κ2) is 5.35. The lowest BCUT2D eigenvalue weighted by molar-refractivity contribution is 0.262. The fraction of sp³-hybridized carbons (Fsp3) is 0.231. The first-order valence-corrected chi connectivity index (χ1v) is 5.86. The monoisotopic (exact) mass is 244 g/mol. The fourth-order valence-electron chi connectivity index (χ4n) is 1.69. The second-order valence-electron chi connectivity index (χ2n) is 4.07. The maximum atomic E-state index is 11.8. The Hall–Kier alpha value is -2.30. The number of amides is 2. The van der Waals surface area contributed by atoms with E-state index in [2.05, 4.69) is 20.8 Å². The van der Waals surface area contributed by atoms with Crippen molar-refractivity contribution in [3.05, 3.63) is 41.6 Å². The molecule has 94 valence electrons. The van der Waals surface area contributed by atoms with Gasteiger partial charge < -0.3 is 5.32 Å². The number of rotatable bonds is 3. The summed E-state index contributed by atoms with van der Waals surface area (Å²) in [5.41, 5.74) is 2.85. The third kappa shape index (κ3) is 2.88. The molecule has 0 radical (unpaired) electrons. The molecule has 0 atom stereocenters. The molecule has 2 rings (SSSR count). The Kier molecular flexibility index (Phi) is 3.62. The average molecular weight is 244 g/mol. The molecule has 0 bridgehead atoms. The molecule has 0 spiro atoms. The highest BCUT2D eigenvalue weighted by atomic mass is 16.2. The van der Waals surface area contributed by atoms with Crippen LogP contribution in [-0.2, 0) is 6.42 Å². The lowest BCUT2D eigenvalue weighted by Gasteiger charge is -2.07. The molecule has 0 saturated heterocycles. The van der Waals surface area contributed by atoms with E-state index in [1.165, 1.54) is 0 Å². The normalized spacial score (nSPS) is 10.1. The van der Waals surface area contributed by atoms with Gasteiger partial charge >= 0.3 is 6.03 Å². The van der Waals surface area contributed by atoms with Crippen LogP contribution in [0.5, 0.6) is 0 Å². The molecule has 0 aliphatic carbocycles. The standard InChI is InChI=1S/C13H16N4O/c1-3-10-8-14-17-12(10)16-13(18)15-11-6-4-5-9(2)7-11/h4-8H,3H2,1-2H3,(H3,14,15,16,17,18). The van der Waals surface area contributed by atoms with Gasteiger partial charge in [-0.05, 0) is 31.0 Å². The van der Waals surface area contributed by atoms with Crippen LogP contribution in [0.15, 0.2) is 30.5 Å². The van der Waals surface area contributed by atoms with Crippen molar-refractivity contribution >= 4 is 17.5 Å². The Bertz CT molecular complexity index is 547. The van der Waals surface area contributed by atoms with E-state index in [4.69, 9.17) is 0 Å². The molecule has 1 aromatic carbocycles. The number of nitrogens with one attached hydrogen (secondary N) is 3. The van der Waals surface area contributed by atoms with E-state index in [-0.39, 0.29) is 6.03 Å². The van der Waals surface area contributed by atoms with Crippen LogP contribution in [0.2, 0.25) is 0 Å². The Morgan fingerprint density at radius 2 is 2.22 bits per heavy atom. The molecule has 2 aromatic rings. The van der Waals surface area contributed by atoms with E-state index in [1.807, 2.05) is 38.1 Å². The highest BCUT2D eigenvalue weighted by Gasteiger charge is 2.07. The minimum Gasteiger partial charge on any atom is -0.308 e. The first kappa shape index (κ1) is 12.2. The summed E-state index contributed by atoms with van der Waals surface area (Å²) in [5.74, 6) is 0.641. The first-order valence-electron chi connectivity index (χ1n) is 5.86. The molecule has 5 nitrogen and oxygen atoms in total. The van der Waals surface area contributed by atoms with Gasteiger partial charge in [-0.1, -0.05) is 19.1 Å². The van der Waals surface area contributed by atoms with Gasteiger partial charge in [0.05, 0.1) is 6.20 Å². The Morgan fingerprint density at radius 3 is 2.94 bits per heavy atom. The maximum absolute atomic E-state index is 11.8. The predicted molar refractivity (Wildman–Crippen MR) is 71.8 cm³/mol. The Labute approximate surface area is 106 Å². The van der Waals surface area contributed by atoms with Gasteiger partial charge in [-0.2, -0.15) is 5.10 Å². The Morgan fingerprint density at radius 1 is 1.39 bits per heavy atom. The van der Waals surface area contributed by atoms with Gasteiger partial charge in [0.2, 0.25) is 0 Å². The molecule has 2 amide bonds. The zero-order valence-electron chi connectivity index (χ0n) is 10.4. The molecule has 0 saturated carbocycles. The van der Waals surface area contributed by atoms with Crippen LogP contribution in [0, 0.1) is 6.92 Å². The highest BCUT2D eigenvalue weighted by Crippen LogP contribution is 2.13. The summed E-state index contributed by atoms with van der Waals surface area (Å²) in [7, 11) is 0. The Balaban J connectivity index is 2.01. The fourth-order valence-corrected chi connectivity index (χ4v) is 1.69. The van der Waals surface area contributed by atoms with Crippen LogP contribution in [0.25, 0.3) is 0 Å². The minimum absolute atomic E-state index is 0.278. The number of aryl methyl sites for hydroxylation is 2. The van der Waals surface area contributed by atoms with E-state index in [9.17, 15) is 4.79 Å². The number of carbonyl (C=O) groups excluding carboxylic acids is 1. The molecule has 18 heavy (non-hydrogen) atoms. The van der Waals surface area contributed by atoms with Crippen molar-refractivity contribution < 1.29 is 4.79 Å². The summed E-state index contributed by atoms with van der Waals surface area (Å²) >= 11 is 0. The first-order chi connectivity index (χ1) is 8.69. The number of anilines is 2. The topological polar surface area (TPSA) is 69.8 Å². The zero-order valence-corrected chi connectivity index (χ0v) is 10.4. The smallest absolute Gasteiger partial charge is 0.308 e. The minimum atomic E-state index is -0.278. The quantitative estimate of drug-likeness (QED) is 0.777. The van der Waals surface area contributed by atoms with E-state index in [0.717, 1.165) is 23.2 Å². The largest absolute Gasteiger partial charge is 0.324 e. The zero-order chi connectivity index (χ0) is 13.0. The number of nitrogens with zero attached hydrogens (tertiary/aromatic N) is 1. The number of hydrogen-bond donors (Lipinski definition) is 3. The summed E-state index contributed by atoms with van der Waals surface area (Å²) in [4.78, 5) is 11.8. The molecule has 1 heterocycles. The number of hydrogen-bond acceptors (Lipinski definition) is 2. The maximum Gasteiger partial charge on any atom is 0.324 e. The molecular formula is C13H16N4O. The molecule has 3 N–H and O–H groups in total. The van der Waals surface area contributed by atoms with Crippen LogP contribution in [-0.4, -0.2) is 16.2 Å². The summed E-state index contributed by atoms with van der Waals surface area (Å²) in [6, 6.07) is 7.36. The lowest BCUT2D eigenvalue weighted by Crippen LogP contribution is -2.20. The second-order valence-corrected chi connectivity index (χ2v) is 4.07. The number of H-pyrrole nitrogens is 1. The molecule has 0 aliphatic heterocycles. The van der Waals surface area contributed by atoms with Gasteiger partial charge in [-0.15, -0.1) is 0 Å². The van der Waals surface area contributed by atoms with E-state index in [0.29, 0.717) is 5.82 Å². The van der Waals surface area contributed by atoms with Crippen molar-refractivity contribution in [2.75, 3.05) is 10.6 Å². The highest BCUT2D eigenvalue weighted by molar-refractivity contribution is 5.99. The SMILES string of the molecule is CCc1cn[nH]c1NC(=O)Nc1cccc(C)c1. The van der Waals surface area contributed by atoms with Crippen LogP contribution in [0.4, 0.5) is 16.3 Å². The molecule has 1 aromatic heterocycles. The number of aromatic amines is 1. The van der Waals surface area contributed by atoms with Crippen LogP contribution < -0.4 is 10.6 Å². The van der Waals surface area contributed by atoms with Gasteiger partial charge in [-0.25, -0.2) is 4.79 Å². The molecule has 0 fully saturated rings. The van der Waals surface area contributed by atoms with Crippen molar-refractivity contribution in [3.63, 3.8) is 0 Å². The molecule has 0 unspecified atom stereocenters. The van der Waals surface area contributed by atoms with E-state index < -0.39 is 0 Å².